The maximum Gasteiger partial charge on any atom is 0.305 e. The largest absolute Gasteiger partial charge is 0.481 e. The highest BCUT2D eigenvalue weighted by Gasteiger charge is 2.28. The summed E-state index contributed by atoms with van der Waals surface area (Å²) in [7, 11) is 0. The lowest BCUT2D eigenvalue weighted by Crippen LogP contribution is -2.29. The molecule has 1 aromatic rings. The number of carbonyl (C=O) groups is 2. The van der Waals surface area contributed by atoms with E-state index in [0.29, 0.717) is 12.0 Å². The van der Waals surface area contributed by atoms with Crippen molar-refractivity contribution in [2.75, 3.05) is 6.54 Å². The summed E-state index contributed by atoms with van der Waals surface area (Å²) >= 11 is 0. The molecule has 1 aromatic carbocycles. The SMILES string of the molecule is N=C(N)c1ccc([C@@H]2C[C@H](CC(=O)NCCC(=O)O)ON2)cc1. The van der Waals surface area contributed by atoms with Crippen molar-refractivity contribution in [3.05, 3.63) is 35.4 Å². The van der Waals surface area contributed by atoms with Gasteiger partial charge in [0, 0.05) is 12.1 Å². The topological polar surface area (TPSA) is 138 Å². The van der Waals surface area contributed by atoms with Crippen molar-refractivity contribution >= 4 is 17.7 Å². The number of carboxylic acids is 1. The molecule has 1 aliphatic heterocycles. The van der Waals surface area contributed by atoms with Crippen LogP contribution in [0, 0.1) is 5.41 Å². The molecule has 23 heavy (non-hydrogen) atoms. The molecule has 0 bridgehead atoms. The van der Waals surface area contributed by atoms with E-state index in [2.05, 4.69) is 10.8 Å². The average molecular weight is 320 g/mol. The Morgan fingerprint density at radius 2 is 2.09 bits per heavy atom. The second kappa shape index (κ2) is 7.70. The third kappa shape index (κ3) is 5.04. The van der Waals surface area contributed by atoms with Crippen molar-refractivity contribution in [2.24, 2.45) is 5.73 Å². The second-order valence-corrected chi connectivity index (χ2v) is 5.38. The van der Waals surface area contributed by atoms with E-state index < -0.39 is 5.97 Å². The Morgan fingerprint density at radius 1 is 1.39 bits per heavy atom. The van der Waals surface area contributed by atoms with E-state index in [1.807, 2.05) is 12.1 Å². The molecule has 124 valence electrons. The molecule has 2 atom stereocenters. The van der Waals surface area contributed by atoms with Gasteiger partial charge in [-0.3, -0.25) is 19.8 Å². The van der Waals surface area contributed by atoms with Gasteiger partial charge in [0.2, 0.25) is 5.91 Å². The number of carboxylic acid groups (broad SMARTS) is 1. The molecule has 6 N–H and O–H groups in total. The van der Waals surface area contributed by atoms with E-state index in [-0.39, 0.29) is 43.3 Å². The monoisotopic (exact) mass is 320 g/mol. The van der Waals surface area contributed by atoms with Gasteiger partial charge in [0.15, 0.2) is 0 Å². The standard InChI is InChI=1S/C15H20N4O4/c16-15(17)10-3-1-9(2-4-10)12-7-11(23-19-12)8-13(20)18-6-5-14(21)22/h1-4,11-12,19H,5-8H2,(H3,16,17)(H,18,20)(H,21,22)/t11-,12+/m1/s1. The van der Waals surface area contributed by atoms with Gasteiger partial charge in [-0.2, -0.15) is 5.48 Å². The molecule has 0 unspecified atom stereocenters. The molecule has 8 nitrogen and oxygen atoms in total. The molecule has 0 saturated carbocycles. The quantitative estimate of drug-likeness (QED) is 0.361. The van der Waals surface area contributed by atoms with Gasteiger partial charge in [-0.1, -0.05) is 24.3 Å². The summed E-state index contributed by atoms with van der Waals surface area (Å²) < 4.78 is 0. The Kier molecular flexibility index (Phi) is 5.67. The van der Waals surface area contributed by atoms with Crippen LogP contribution in [-0.4, -0.2) is 35.5 Å². The van der Waals surface area contributed by atoms with E-state index in [0.717, 1.165) is 5.56 Å². The zero-order valence-electron chi connectivity index (χ0n) is 12.5. The van der Waals surface area contributed by atoms with Gasteiger partial charge in [0.25, 0.3) is 0 Å². The van der Waals surface area contributed by atoms with Gasteiger partial charge in [-0.15, -0.1) is 0 Å². The molecular formula is C15H20N4O4. The number of amides is 1. The lowest BCUT2D eigenvalue weighted by atomic mass is 9.99. The van der Waals surface area contributed by atoms with Gasteiger partial charge in [-0.25, -0.2) is 0 Å². The second-order valence-electron chi connectivity index (χ2n) is 5.38. The number of aliphatic carboxylic acids is 1. The highest BCUT2D eigenvalue weighted by atomic mass is 16.7. The summed E-state index contributed by atoms with van der Waals surface area (Å²) in [5, 5.41) is 18.4. The number of hydrogen-bond acceptors (Lipinski definition) is 5. The van der Waals surface area contributed by atoms with E-state index in [1.165, 1.54) is 0 Å². The summed E-state index contributed by atoms with van der Waals surface area (Å²) in [6.07, 6.45) is 0.443. The Morgan fingerprint density at radius 3 is 2.70 bits per heavy atom. The van der Waals surface area contributed by atoms with Crippen LogP contribution in [-0.2, 0) is 14.4 Å². The van der Waals surface area contributed by atoms with Crippen LogP contribution in [0.2, 0.25) is 0 Å². The molecule has 1 heterocycles. The van der Waals surface area contributed by atoms with Crippen LogP contribution >= 0.6 is 0 Å². The number of amidine groups is 1. The highest BCUT2D eigenvalue weighted by Crippen LogP contribution is 2.27. The van der Waals surface area contributed by atoms with Gasteiger partial charge in [0.05, 0.1) is 25.0 Å². The fourth-order valence-corrected chi connectivity index (χ4v) is 2.35. The van der Waals surface area contributed by atoms with Crippen LogP contribution in [0.5, 0.6) is 0 Å². The Hall–Kier alpha value is -2.45. The molecule has 1 aliphatic rings. The third-order valence-corrected chi connectivity index (χ3v) is 3.57. The number of benzene rings is 1. The molecule has 0 radical (unpaired) electrons. The maximum atomic E-state index is 11.7. The first-order chi connectivity index (χ1) is 11.0. The lowest BCUT2D eigenvalue weighted by molar-refractivity contribution is -0.136. The Bertz CT molecular complexity index is 588. The Balaban J connectivity index is 1.80. The number of carbonyl (C=O) groups excluding carboxylic acids is 1. The minimum Gasteiger partial charge on any atom is -0.481 e. The van der Waals surface area contributed by atoms with Crippen molar-refractivity contribution in [1.82, 2.24) is 10.8 Å². The maximum absolute atomic E-state index is 11.7. The number of hydroxylamine groups is 1. The van der Waals surface area contributed by atoms with Crippen LogP contribution in [0.15, 0.2) is 24.3 Å². The van der Waals surface area contributed by atoms with Crippen LogP contribution in [0.3, 0.4) is 0 Å². The fraction of sp³-hybridized carbons (Fsp3) is 0.400. The van der Waals surface area contributed by atoms with Crippen molar-refractivity contribution in [1.29, 1.82) is 5.41 Å². The van der Waals surface area contributed by atoms with E-state index in [9.17, 15) is 9.59 Å². The van der Waals surface area contributed by atoms with Gasteiger partial charge in [-0.05, 0) is 12.0 Å². The average Bonchev–Trinajstić information content (AvgIpc) is 2.95. The number of nitrogen functional groups attached to an aromatic ring is 1. The molecule has 0 spiro atoms. The van der Waals surface area contributed by atoms with E-state index >= 15 is 0 Å². The predicted octanol–water partition coefficient (Wildman–Crippen LogP) is 0.286. The van der Waals surface area contributed by atoms with Gasteiger partial charge >= 0.3 is 5.97 Å². The minimum atomic E-state index is -0.946. The Labute approximate surface area is 133 Å². The molecule has 1 amide bonds. The third-order valence-electron chi connectivity index (χ3n) is 3.57. The zero-order chi connectivity index (χ0) is 16.8. The minimum absolute atomic E-state index is 0.0167. The first kappa shape index (κ1) is 16.9. The molecule has 2 rings (SSSR count). The summed E-state index contributed by atoms with van der Waals surface area (Å²) in [4.78, 5) is 27.5. The van der Waals surface area contributed by atoms with E-state index in [4.69, 9.17) is 21.1 Å². The van der Waals surface area contributed by atoms with Gasteiger partial charge < -0.3 is 16.2 Å². The smallest absolute Gasteiger partial charge is 0.305 e. The van der Waals surface area contributed by atoms with Crippen LogP contribution in [0.1, 0.15) is 36.4 Å². The van der Waals surface area contributed by atoms with Crippen molar-refractivity contribution < 1.29 is 19.5 Å². The molecule has 0 aromatic heterocycles. The summed E-state index contributed by atoms with van der Waals surface area (Å²) in [6, 6.07) is 7.24. The van der Waals surface area contributed by atoms with E-state index in [1.54, 1.807) is 12.1 Å². The first-order valence-corrected chi connectivity index (χ1v) is 7.29. The molecule has 8 heteroatoms. The molecule has 1 fully saturated rings. The highest BCUT2D eigenvalue weighted by molar-refractivity contribution is 5.94. The van der Waals surface area contributed by atoms with Crippen LogP contribution < -0.4 is 16.5 Å². The predicted molar refractivity (Wildman–Crippen MR) is 82.7 cm³/mol. The summed E-state index contributed by atoms with van der Waals surface area (Å²) in [5.41, 5.74) is 9.95. The van der Waals surface area contributed by atoms with Crippen molar-refractivity contribution in [3.63, 3.8) is 0 Å². The van der Waals surface area contributed by atoms with Crippen molar-refractivity contribution in [3.8, 4) is 0 Å². The van der Waals surface area contributed by atoms with Crippen molar-refractivity contribution in [2.45, 2.75) is 31.4 Å². The number of nitrogens with one attached hydrogen (secondary N) is 3. The fourth-order valence-electron chi connectivity index (χ4n) is 2.35. The zero-order valence-corrected chi connectivity index (χ0v) is 12.5. The summed E-state index contributed by atoms with van der Waals surface area (Å²) in [5.74, 6) is -1.16. The van der Waals surface area contributed by atoms with Crippen LogP contribution in [0.4, 0.5) is 0 Å². The van der Waals surface area contributed by atoms with Crippen LogP contribution in [0.25, 0.3) is 0 Å². The lowest BCUT2D eigenvalue weighted by Gasteiger charge is -2.09. The number of nitrogens with two attached hydrogens (primary N) is 1. The molecular weight excluding hydrogens is 300 g/mol. The number of rotatable bonds is 7. The first-order valence-electron chi connectivity index (χ1n) is 7.29. The van der Waals surface area contributed by atoms with Gasteiger partial charge in [0.1, 0.15) is 5.84 Å². The summed E-state index contributed by atoms with van der Waals surface area (Å²) in [6.45, 7) is 0.115. The molecule has 1 saturated heterocycles. The molecule has 0 aliphatic carbocycles. The normalized spacial score (nSPS) is 20.2. The number of hydrogen-bond donors (Lipinski definition) is 5.